The van der Waals surface area contributed by atoms with E-state index in [0.29, 0.717) is 29.5 Å². The second-order valence-corrected chi connectivity index (χ2v) is 8.22. The molecule has 1 fully saturated rings. The maximum Gasteiger partial charge on any atom is 0.321 e. The number of benzene rings is 3. The Morgan fingerprint density at radius 1 is 0.889 bits per heavy atom. The number of ether oxygens (including phenoxy) is 1. The fourth-order valence-corrected chi connectivity index (χ4v) is 4.02. The van der Waals surface area contributed by atoms with Crippen molar-refractivity contribution in [2.75, 3.05) is 31.5 Å². The molecule has 10 heteroatoms. The average Bonchev–Trinajstić information content (AvgIpc) is 2.92. The van der Waals surface area contributed by atoms with Crippen molar-refractivity contribution in [3.8, 4) is 11.6 Å². The number of nitrogens with one attached hydrogen (secondary N) is 2. The maximum absolute atomic E-state index is 14.6. The normalized spacial score (nSPS) is 13.5. The molecule has 3 amide bonds. The first kappa shape index (κ1) is 23.0. The Hall–Kier alpha value is -4.73. The number of rotatable bonds is 4. The van der Waals surface area contributed by atoms with Crippen molar-refractivity contribution < 1.29 is 18.7 Å². The van der Waals surface area contributed by atoms with Gasteiger partial charge in [-0.3, -0.25) is 9.59 Å². The minimum absolute atomic E-state index is 0.133. The Labute approximate surface area is 205 Å². The molecule has 1 aliphatic rings. The van der Waals surface area contributed by atoms with Crippen molar-refractivity contribution in [2.24, 2.45) is 0 Å². The van der Waals surface area contributed by atoms with Gasteiger partial charge in [0.05, 0.1) is 16.3 Å². The van der Waals surface area contributed by atoms with Crippen LogP contribution in [0.4, 0.5) is 14.9 Å². The number of para-hydroxylation sites is 1. The predicted molar refractivity (Wildman–Crippen MR) is 132 cm³/mol. The van der Waals surface area contributed by atoms with Gasteiger partial charge in [-0.1, -0.05) is 30.3 Å². The molecule has 0 saturated carbocycles. The molecule has 1 aliphatic heterocycles. The Balaban J connectivity index is 1.28. The van der Waals surface area contributed by atoms with Crippen LogP contribution in [0.3, 0.4) is 0 Å². The van der Waals surface area contributed by atoms with Crippen LogP contribution in [0.1, 0.15) is 10.4 Å². The van der Waals surface area contributed by atoms with Gasteiger partial charge in [-0.2, -0.15) is 0 Å². The van der Waals surface area contributed by atoms with Crippen LogP contribution < -0.4 is 15.6 Å². The third-order valence-electron chi connectivity index (χ3n) is 5.92. The monoisotopic (exact) mass is 487 g/mol. The summed E-state index contributed by atoms with van der Waals surface area (Å²) in [5.41, 5.74) is 0.178. The molecular weight excluding hydrogens is 465 g/mol. The smallest absolute Gasteiger partial charge is 0.321 e. The lowest BCUT2D eigenvalue weighted by Gasteiger charge is -2.34. The minimum atomic E-state index is -0.684. The Kier molecular flexibility index (Phi) is 6.31. The third kappa shape index (κ3) is 4.74. The fraction of sp³-hybridized carbons (Fsp3) is 0.154. The first-order chi connectivity index (χ1) is 17.5. The lowest BCUT2D eigenvalue weighted by atomic mass is 10.1. The number of aromatic nitrogens is 2. The number of hydrogen-bond acceptors (Lipinski definition) is 5. The van der Waals surface area contributed by atoms with Crippen LogP contribution in [0.5, 0.6) is 11.6 Å². The number of urea groups is 1. The Bertz CT molecular complexity index is 1480. The Morgan fingerprint density at radius 3 is 2.31 bits per heavy atom. The lowest BCUT2D eigenvalue weighted by Crippen LogP contribution is -2.51. The number of carbonyl (C=O) groups excluding carboxylic acids is 2. The van der Waals surface area contributed by atoms with Gasteiger partial charge in [-0.25, -0.2) is 14.3 Å². The molecule has 4 aromatic rings. The Morgan fingerprint density at radius 2 is 1.56 bits per heavy atom. The largest absolute Gasteiger partial charge is 0.437 e. The highest BCUT2D eigenvalue weighted by Gasteiger charge is 2.27. The topological polar surface area (TPSA) is 108 Å². The van der Waals surface area contributed by atoms with E-state index in [0.717, 1.165) is 6.07 Å². The SMILES string of the molecule is O=C(Nc1ccccc1)N1CCN(C(=O)c2cc(Oc3n[nH]c(=O)c4ccccc34)ccc2F)CC1. The lowest BCUT2D eigenvalue weighted by molar-refractivity contribution is 0.0666. The summed E-state index contributed by atoms with van der Waals surface area (Å²) in [4.78, 5) is 40.7. The summed E-state index contributed by atoms with van der Waals surface area (Å²) in [6, 6.07) is 19.5. The van der Waals surface area contributed by atoms with E-state index >= 15 is 0 Å². The van der Waals surface area contributed by atoms with Crippen LogP contribution >= 0.6 is 0 Å². The number of nitrogens with zero attached hydrogens (tertiary/aromatic N) is 3. The molecule has 0 radical (unpaired) electrons. The van der Waals surface area contributed by atoms with Gasteiger partial charge in [0, 0.05) is 31.9 Å². The summed E-state index contributed by atoms with van der Waals surface area (Å²) in [5, 5.41) is 10.0. The van der Waals surface area contributed by atoms with E-state index in [2.05, 4.69) is 15.5 Å². The standard InChI is InChI=1S/C26H22FN5O4/c27-22-11-10-18(36-24-20-9-5-4-8-19(20)23(33)29-30-24)16-21(22)25(34)31-12-14-32(15-13-31)26(35)28-17-6-2-1-3-7-17/h1-11,16H,12-15H2,(H,28,35)(H,29,33). The molecule has 0 spiro atoms. The summed E-state index contributed by atoms with van der Waals surface area (Å²) in [7, 11) is 0. The molecule has 2 N–H and O–H groups in total. The highest BCUT2D eigenvalue weighted by Crippen LogP contribution is 2.27. The summed E-state index contributed by atoms with van der Waals surface area (Å²) in [5.74, 6) is -0.852. The molecule has 0 unspecified atom stereocenters. The summed E-state index contributed by atoms with van der Waals surface area (Å²) in [6.45, 7) is 1.15. The van der Waals surface area contributed by atoms with Gasteiger partial charge in [0.2, 0.25) is 5.88 Å². The van der Waals surface area contributed by atoms with Crippen LogP contribution in [0.25, 0.3) is 10.8 Å². The number of piperazine rings is 1. The third-order valence-corrected chi connectivity index (χ3v) is 5.92. The zero-order valence-corrected chi connectivity index (χ0v) is 19.1. The van der Waals surface area contributed by atoms with Crippen LogP contribution in [-0.4, -0.2) is 58.1 Å². The summed E-state index contributed by atoms with van der Waals surface area (Å²) >= 11 is 0. The maximum atomic E-state index is 14.6. The van der Waals surface area contributed by atoms with Crippen LogP contribution in [0.2, 0.25) is 0 Å². The molecule has 9 nitrogen and oxygen atoms in total. The second kappa shape index (κ2) is 9.87. The number of fused-ring (bicyclic) bond motifs is 1. The molecule has 1 aromatic heterocycles. The first-order valence-corrected chi connectivity index (χ1v) is 11.3. The van der Waals surface area contributed by atoms with Crippen LogP contribution in [0, 0.1) is 5.82 Å². The van der Waals surface area contributed by atoms with Crippen molar-refractivity contribution >= 4 is 28.4 Å². The number of H-pyrrole nitrogens is 1. The number of carbonyl (C=O) groups is 2. The highest BCUT2D eigenvalue weighted by molar-refractivity contribution is 5.95. The number of amides is 3. The van der Waals surface area contributed by atoms with Gasteiger partial charge in [0.15, 0.2) is 0 Å². The molecule has 0 aliphatic carbocycles. The van der Waals surface area contributed by atoms with Crippen molar-refractivity contribution in [1.82, 2.24) is 20.0 Å². The average molecular weight is 487 g/mol. The van der Waals surface area contributed by atoms with E-state index in [9.17, 15) is 18.8 Å². The van der Waals surface area contributed by atoms with Crippen molar-refractivity contribution in [3.63, 3.8) is 0 Å². The molecular formula is C26H22FN5O4. The van der Waals surface area contributed by atoms with E-state index in [-0.39, 0.29) is 41.9 Å². The van der Waals surface area contributed by atoms with Crippen molar-refractivity contribution in [2.45, 2.75) is 0 Å². The zero-order valence-electron chi connectivity index (χ0n) is 19.1. The van der Waals surface area contributed by atoms with E-state index in [1.54, 1.807) is 41.3 Å². The highest BCUT2D eigenvalue weighted by atomic mass is 19.1. The van der Waals surface area contributed by atoms with Crippen molar-refractivity contribution in [1.29, 1.82) is 0 Å². The van der Waals surface area contributed by atoms with Gasteiger partial charge < -0.3 is 19.9 Å². The van der Waals surface area contributed by atoms with Gasteiger partial charge >= 0.3 is 6.03 Å². The van der Waals surface area contributed by atoms with Gasteiger partial charge in [-0.15, -0.1) is 5.10 Å². The quantitative estimate of drug-likeness (QED) is 0.455. The van der Waals surface area contributed by atoms with Crippen molar-refractivity contribution in [3.05, 3.63) is 94.5 Å². The second-order valence-electron chi connectivity index (χ2n) is 8.22. The van der Waals surface area contributed by atoms with E-state index < -0.39 is 11.7 Å². The van der Waals surface area contributed by atoms with Crippen LogP contribution in [-0.2, 0) is 0 Å². The molecule has 1 saturated heterocycles. The number of hydrogen-bond donors (Lipinski definition) is 2. The molecule has 3 aromatic carbocycles. The molecule has 36 heavy (non-hydrogen) atoms. The van der Waals surface area contributed by atoms with Gasteiger partial charge in [-0.05, 0) is 42.5 Å². The van der Waals surface area contributed by atoms with E-state index in [1.807, 2.05) is 18.2 Å². The molecule has 182 valence electrons. The van der Waals surface area contributed by atoms with E-state index in [1.165, 1.54) is 17.0 Å². The summed E-state index contributed by atoms with van der Waals surface area (Å²) < 4.78 is 20.4. The number of anilines is 1. The van der Waals surface area contributed by atoms with Gasteiger partial charge in [0.25, 0.3) is 11.5 Å². The minimum Gasteiger partial charge on any atom is -0.437 e. The summed E-state index contributed by atoms with van der Waals surface area (Å²) in [6.07, 6.45) is 0. The van der Waals surface area contributed by atoms with Gasteiger partial charge in [0.1, 0.15) is 11.6 Å². The fourth-order valence-electron chi connectivity index (χ4n) is 4.02. The van der Waals surface area contributed by atoms with E-state index in [4.69, 9.17) is 4.74 Å². The number of aromatic amines is 1. The predicted octanol–water partition coefficient (Wildman–Crippen LogP) is 3.84. The molecule has 5 rings (SSSR count). The molecule has 0 atom stereocenters. The molecule has 0 bridgehead atoms. The van der Waals surface area contributed by atoms with Crippen LogP contribution in [0.15, 0.2) is 77.6 Å². The molecule has 2 heterocycles. The zero-order chi connectivity index (χ0) is 25.1. The number of halogens is 1. The first-order valence-electron chi connectivity index (χ1n) is 11.3.